The van der Waals surface area contributed by atoms with Crippen molar-refractivity contribution in [2.24, 2.45) is 0 Å². The number of halogens is 5. The quantitative estimate of drug-likeness (QED) is 0.303. The van der Waals surface area contributed by atoms with Gasteiger partial charge in [0.05, 0.1) is 24.6 Å². The number of Topliss-reactive ketones (excluding diaryl/α,β-unsaturated/α-hetero) is 1. The summed E-state index contributed by atoms with van der Waals surface area (Å²) >= 11 is 0. The molecule has 1 amide bonds. The van der Waals surface area contributed by atoms with Crippen LogP contribution in [0.4, 0.5) is 27.6 Å². The number of carbonyl (C=O) groups is 2. The first-order valence-corrected chi connectivity index (χ1v) is 12.5. The molecule has 12 heteroatoms. The fraction of sp³-hybridized carbons (Fsp3) is 0.321. The van der Waals surface area contributed by atoms with Gasteiger partial charge in [0, 0.05) is 42.9 Å². The topological polar surface area (TPSA) is 80.8 Å². The zero-order chi connectivity index (χ0) is 28.5. The van der Waals surface area contributed by atoms with Crippen molar-refractivity contribution >= 4 is 17.4 Å². The highest BCUT2D eigenvalue weighted by Gasteiger charge is 2.54. The van der Waals surface area contributed by atoms with Crippen LogP contribution in [0.2, 0.25) is 0 Å². The molecule has 0 bridgehead atoms. The van der Waals surface area contributed by atoms with Gasteiger partial charge in [0.15, 0.2) is 11.5 Å². The number of carbonyl (C=O) groups excluding carboxylic acids is 2. The van der Waals surface area contributed by atoms with E-state index in [1.165, 1.54) is 18.3 Å². The van der Waals surface area contributed by atoms with E-state index in [9.17, 15) is 31.5 Å². The first-order valence-electron chi connectivity index (χ1n) is 12.5. The number of nitrogens with zero attached hydrogens (tertiary/aromatic N) is 2. The Kier molecular flexibility index (Phi) is 7.56. The maximum Gasteiger partial charge on any atom is 0.573 e. The van der Waals surface area contributed by atoms with Crippen LogP contribution < -0.4 is 10.1 Å². The number of ketones is 1. The fourth-order valence-corrected chi connectivity index (χ4v) is 4.74. The molecule has 1 saturated heterocycles. The standard InChI is InChI=1S/C28H24F5N3O4/c29-20-12-19(13-21(30)15-20)22-3-1-17(16-34-22)11-24(37)18-2-4-25(40-28(31,32)33)23(14-18)35-26(38)27(5-6-27)36-7-9-39-10-8-36/h1-4,12-16H,5-11H2,(H,35,38). The molecule has 40 heavy (non-hydrogen) atoms. The SMILES string of the molecule is O=C(Cc1ccc(-c2cc(F)cc(F)c2)nc1)c1ccc(OC(F)(F)F)c(NC(=O)C2(N3CCOCC3)CC2)c1. The van der Waals surface area contributed by atoms with Gasteiger partial charge in [0.2, 0.25) is 5.91 Å². The Labute approximate surface area is 225 Å². The second-order valence-electron chi connectivity index (χ2n) is 9.65. The van der Waals surface area contributed by atoms with Crippen molar-refractivity contribution in [1.82, 2.24) is 9.88 Å². The molecule has 1 aromatic heterocycles. The Balaban J connectivity index is 1.34. The number of pyridine rings is 1. The maximum atomic E-state index is 13.5. The number of nitrogens with one attached hydrogen (secondary N) is 1. The Morgan fingerprint density at radius 3 is 2.30 bits per heavy atom. The number of ether oxygens (including phenoxy) is 2. The van der Waals surface area contributed by atoms with Crippen molar-refractivity contribution in [3.63, 3.8) is 0 Å². The van der Waals surface area contributed by atoms with Gasteiger partial charge >= 0.3 is 6.36 Å². The molecule has 3 aromatic rings. The Bertz CT molecular complexity index is 1400. The van der Waals surface area contributed by atoms with Crippen molar-refractivity contribution in [2.75, 3.05) is 31.6 Å². The number of rotatable bonds is 8. The van der Waals surface area contributed by atoms with Gasteiger partial charge in [-0.25, -0.2) is 8.78 Å². The molecular formula is C28H24F5N3O4. The van der Waals surface area contributed by atoms with E-state index in [4.69, 9.17) is 4.74 Å². The second kappa shape index (κ2) is 10.9. The van der Waals surface area contributed by atoms with Gasteiger partial charge in [0.25, 0.3) is 0 Å². The highest BCUT2D eigenvalue weighted by molar-refractivity contribution is 6.03. The average Bonchev–Trinajstić information content (AvgIpc) is 3.72. The molecular weight excluding hydrogens is 537 g/mol. The van der Waals surface area contributed by atoms with Crippen molar-refractivity contribution in [3.8, 4) is 17.0 Å². The number of alkyl halides is 3. The summed E-state index contributed by atoms with van der Waals surface area (Å²) in [6, 6.07) is 9.40. The molecule has 1 aliphatic heterocycles. The third kappa shape index (κ3) is 6.28. The third-order valence-electron chi connectivity index (χ3n) is 6.89. The lowest BCUT2D eigenvalue weighted by molar-refractivity contribution is -0.274. The normalized spacial score (nSPS) is 16.8. The fourth-order valence-electron chi connectivity index (χ4n) is 4.74. The van der Waals surface area contributed by atoms with Crippen LogP contribution in [-0.2, 0) is 16.0 Å². The van der Waals surface area contributed by atoms with Crippen LogP contribution in [0, 0.1) is 11.6 Å². The Morgan fingerprint density at radius 2 is 1.70 bits per heavy atom. The van der Waals surface area contributed by atoms with E-state index in [1.54, 1.807) is 6.07 Å². The van der Waals surface area contributed by atoms with E-state index < -0.39 is 41.0 Å². The Morgan fingerprint density at radius 1 is 1.00 bits per heavy atom. The van der Waals surface area contributed by atoms with Crippen LogP contribution in [0.3, 0.4) is 0 Å². The van der Waals surface area contributed by atoms with Gasteiger partial charge in [-0.1, -0.05) is 6.07 Å². The molecule has 1 aliphatic carbocycles. The van der Waals surface area contributed by atoms with E-state index in [-0.39, 0.29) is 23.2 Å². The van der Waals surface area contributed by atoms with Crippen molar-refractivity contribution in [3.05, 3.63) is 77.5 Å². The molecule has 2 aliphatic rings. The number of benzene rings is 2. The summed E-state index contributed by atoms with van der Waals surface area (Å²) in [4.78, 5) is 32.4. The zero-order valence-corrected chi connectivity index (χ0v) is 21.1. The minimum atomic E-state index is -5.01. The molecule has 0 radical (unpaired) electrons. The number of hydrogen-bond donors (Lipinski definition) is 1. The summed E-state index contributed by atoms with van der Waals surface area (Å²) < 4.78 is 75.7. The molecule has 0 spiro atoms. The summed E-state index contributed by atoms with van der Waals surface area (Å²) in [5.41, 5.74) is -0.0659. The summed E-state index contributed by atoms with van der Waals surface area (Å²) in [5.74, 6) is -3.07. The monoisotopic (exact) mass is 561 g/mol. The van der Waals surface area contributed by atoms with E-state index >= 15 is 0 Å². The number of anilines is 1. The number of amides is 1. The summed E-state index contributed by atoms with van der Waals surface area (Å²) in [6.07, 6.45) is -2.69. The minimum absolute atomic E-state index is 0.0531. The van der Waals surface area contributed by atoms with E-state index in [1.807, 2.05) is 4.90 Å². The van der Waals surface area contributed by atoms with Crippen molar-refractivity contribution in [1.29, 1.82) is 0 Å². The summed E-state index contributed by atoms with van der Waals surface area (Å²) in [7, 11) is 0. The van der Waals surface area contributed by atoms with Gasteiger partial charge in [-0.2, -0.15) is 0 Å². The Hall–Kier alpha value is -3.90. The van der Waals surface area contributed by atoms with Gasteiger partial charge in [-0.05, 0) is 54.8 Å². The van der Waals surface area contributed by atoms with Crippen molar-refractivity contribution in [2.45, 2.75) is 31.2 Å². The molecule has 2 fully saturated rings. The second-order valence-corrected chi connectivity index (χ2v) is 9.65. The predicted octanol–water partition coefficient (Wildman–Crippen LogP) is 5.15. The molecule has 1 N–H and O–H groups in total. The lowest BCUT2D eigenvalue weighted by Crippen LogP contribution is -2.51. The molecule has 7 nitrogen and oxygen atoms in total. The predicted molar refractivity (Wildman–Crippen MR) is 134 cm³/mol. The van der Waals surface area contributed by atoms with Crippen molar-refractivity contribution < 1.29 is 41.0 Å². The lowest BCUT2D eigenvalue weighted by Gasteiger charge is -2.34. The van der Waals surface area contributed by atoms with Crippen LogP contribution in [-0.4, -0.2) is 59.8 Å². The number of aromatic nitrogens is 1. The van der Waals surface area contributed by atoms with E-state index in [0.29, 0.717) is 50.4 Å². The molecule has 5 rings (SSSR count). The van der Waals surface area contributed by atoms with E-state index in [0.717, 1.165) is 30.3 Å². The van der Waals surface area contributed by atoms with Gasteiger partial charge in [-0.3, -0.25) is 19.5 Å². The molecule has 2 heterocycles. The van der Waals surface area contributed by atoms with Gasteiger partial charge in [-0.15, -0.1) is 13.2 Å². The largest absolute Gasteiger partial charge is 0.573 e. The lowest BCUT2D eigenvalue weighted by atomic mass is 10.0. The minimum Gasteiger partial charge on any atom is -0.404 e. The first-order chi connectivity index (χ1) is 19.0. The smallest absolute Gasteiger partial charge is 0.404 e. The average molecular weight is 562 g/mol. The van der Waals surface area contributed by atoms with Crippen LogP contribution in [0.25, 0.3) is 11.3 Å². The van der Waals surface area contributed by atoms with Gasteiger partial charge in [0.1, 0.15) is 17.2 Å². The van der Waals surface area contributed by atoms with Crippen LogP contribution >= 0.6 is 0 Å². The molecule has 210 valence electrons. The number of hydrogen-bond acceptors (Lipinski definition) is 6. The van der Waals surface area contributed by atoms with Gasteiger partial charge < -0.3 is 14.8 Å². The number of morpholine rings is 1. The third-order valence-corrected chi connectivity index (χ3v) is 6.89. The molecule has 1 saturated carbocycles. The van der Waals surface area contributed by atoms with Crippen LogP contribution in [0.5, 0.6) is 5.75 Å². The summed E-state index contributed by atoms with van der Waals surface area (Å²) in [5, 5.41) is 2.55. The highest BCUT2D eigenvalue weighted by Crippen LogP contribution is 2.44. The summed E-state index contributed by atoms with van der Waals surface area (Å²) in [6.45, 7) is 1.96. The molecule has 0 atom stereocenters. The first kappa shape index (κ1) is 27.7. The molecule has 0 unspecified atom stereocenters. The maximum absolute atomic E-state index is 13.5. The highest BCUT2D eigenvalue weighted by atomic mass is 19.4. The molecule has 2 aromatic carbocycles. The van der Waals surface area contributed by atoms with Crippen LogP contribution in [0.15, 0.2) is 54.7 Å². The van der Waals surface area contributed by atoms with E-state index in [2.05, 4.69) is 15.0 Å². The van der Waals surface area contributed by atoms with Crippen LogP contribution in [0.1, 0.15) is 28.8 Å². The zero-order valence-electron chi connectivity index (χ0n) is 21.1.